The predicted octanol–water partition coefficient (Wildman–Crippen LogP) is 5.04. The highest BCUT2D eigenvalue weighted by atomic mass is 19.4. The maximum atomic E-state index is 10.6. The molecule has 1 aliphatic rings. The minimum absolute atomic E-state index is 0.660. The van der Waals surface area contributed by atoms with Crippen LogP contribution in [0.1, 0.15) is 46.5 Å². The molecule has 1 aromatic rings. The molecule has 0 aliphatic carbocycles. The molecule has 0 amide bonds. The lowest BCUT2D eigenvalue weighted by atomic mass is 9.99. The fraction of sp³-hybridized carbons (Fsp3) is 0.640. The summed E-state index contributed by atoms with van der Waals surface area (Å²) in [5.41, 5.74) is 6.59. The first-order valence-corrected chi connectivity index (χ1v) is 12.6. The van der Waals surface area contributed by atoms with Gasteiger partial charge in [0.1, 0.15) is 5.75 Å². The monoisotopic (exact) mass is 588 g/mol. The zero-order chi connectivity index (χ0) is 30.9. The van der Waals surface area contributed by atoms with Crippen molar-refractivity contribution in [3.8, 4) is 5.75 Å². The van der Waals surface area contributed by atoms with Gasteiger partial charge in [0.15, 0.2) is 5.96 Å². The van der Waals surface area contributed by atoms with E-state index in [1.54, 1.807) is 0 Å². The van der Waals surface area contributed by atoms with Gasteiger partial charge in [0.2, 0.25) is 0 Å². The highest BCUT2D eigenvalue weighted by Gasteiger charge is 2.38. The molecular formula is C25H38F6N4O5. The number of carbonyl (C=O) groups is 2. The van der Waals surface area contributed by atoms with Gasteiger partial charge in [-0.25, -0.2) is 14.6 Å². The topological polar surface area (TPSA) is 137 Å². The van der Waals surface area contributed by atoms with Crippen LogP contribution in [-0.2, 0) is 9.59 Å². The number of alkyl halides is 6. The molecule has 230 valence electrons. The Morgan fingerprint density at radius 1 is 1.05 bits per heavy atom. The highest BCUT2D eigenvalue weighted by Crippen LogP contribution is 2.21. The van der Waals surface area contributed by atoms with Crippen molar-refractivity contribution in [1.29, 1.82) is 0 Å². The summed E-state index contributed by atoms with van der Waals surface area (Å²) in [5, 5.41) is 17.7. The first-order valence-electron chi connectivity index (χ1n) is 12.6. The van der Waals surface area contributed by atoms with Crippen LogP contribution in [-0.4, -0.2) is 78.1 Å². The molecule has 1 fully saturated rings. The quantitative estimate of drug-likeness (QED) is 0.144. The molecule has 0 radical (unpaired) electrons. The van der Waals surface area contributed by atoms with E-state index in [-0.39, 0.29) is 0 Å². The second kappa shape index (κ2) is 18.2. The summed E-state index contributed by atoms with van der Waals surface area (Å²) >= 11 is 0. The summed E-state index contributed by atoms with van der Waals surface area (Å²) in [7, 11) is 0. The Kier molecular flexibility index (Phi) is 16.7. The zero-order valence-corrected chi connectivity index (χ0v) is 22.7. The molecular weight excluding hydrogens is 550 g/mol. The van der Waals surface area contributed by atoms with Crippen molar-refractivity contribution >= 4 is 23.6 Å². The lowest BCUT2D eigenvalue weighted by Crippen LogP contribution is -2.45. The number of aliphatic carboxylic acids is 2. The molecule has 0 unspecified atom stereocenters. The number of benzene rings is 1. The molecule has 0 atom stereocenters. The van der Waals surface area contributed by atoms with Crippen LogP contribution in [0.4, 0.5) is 32.0 Å². The zero-order valence-electron chi connectivity index (χ0n) is 22.7. The Morgan fingerprint density at radius 3 is 1.93 bits per heavy atom. The minimum Gasteiger partial charge on any atom is -0.494 e. The molecule has 0 aromatic heterocycles. The number of carboxylic acids is 2. The number of likely N-dealkylation sites (tertiary alicyclic amines) is 1. The number of carboxylic acid groups (broad SMARTS) is 2. The van der Waals surface area contributed by atoms with E-state index in [0.29, 0.717) is 12.5 Å². The first-order chi connectivity index (χ1) is 18.5. The van der Waals surface area contributed by atoms with Gasteiger partial charge in [0.25, 0.3) is 0 Å². The molecule has 15 heteroatoms. The van der Waals surface area contributed by atoms with Crippen LogP contribution < -0.4 is 15.8 Å². The Balaban J connectivity index is 0.000000894. The summed E-state index contributed by atoms with van der Waals surface area (Å²) in [6.07, 6.45) is -5.70. The fourth-order valence-corrected chi connectivity index (χ4v) is 2.90. The van der Waals surface area contributed by atoms with Crippen molar-refractivity contribution in [2.45, 2.75) is 58.8 Å². The number of rotatable bonds is 8. The Labute approximate surface area is 229 Å². The molecule has 0 spiro atoms. The number of aliphatic imine (C=N–C) groups is 1. The van der Waals surface area contributed by atoms with Crippen LogP contribution in [0.5, 0.6) is 5.75 Å². The summed E-state index contributed by atoms with van der Waals surface area (Å²) in [5.74, 6) is -2.17. The normalized spacial score (nSPS) is 14.5. The highest BCUT2D eigenvalue weighted by molar-refractivity contribution is 5.83. The number of nitrogens with zero attached hydrogens (tertiary/aromatic N) is 2. The average Bonchev–Trinajstić information content (AvgIpc) is 2.84. The van der Waals surface area contributed by atoms with Gasteiger partial charge in [-0.3, -0.25) is 0 Å². The van der Waals surface area contributed by atoms with Crippen molar-refractivity contribution < 1.29 is 50.9 Å². The maximum absolute atomic E-state index is 10.6. The number of hydrogen-bond donors (Lipinski definition) is 4. The Hall–Kier alpha value is -3.23. The van der Waals surface area contributed by atoms with Crippen molar-refractivity contribution in [3.05, 3.63) is 24.3 Å². The van der Waals surface area contributed by atoms with Gasteiger partial charge < -0.3 is 30.9 Å². The third-order valence-electron chi connectivity index (χ3n) is 5.27. The smallest absolute Gasteiger partial charge is 0.490 e. The van der Waals surface area contributed by atoms with Crippen LogP contribution in [0.25, 0.3) is 0 Å². The van der Waals surface area contributed by atoms with Gasteiger partial charge in [-0.2, -0.15) is 26.3 Å². The number of nitrogens with one attached hydrogen (secondary N) is 1. The van der Waals surface area contributed by atoms with Crippen LogP contribution in [0, 0.1) is 11.8 Å². The number of ether oxygens (including phenoxy) is 1. The summed E-state index contributed by atoms with van der Waals surface area (Å²) in [6, 6.07) is 8.08. The third kappa shape index (κ3) is 17.4. The molecule has 40 heavy (non-hydrogen) atoms. The minimum atomic E-state index is -5.08. The standard InChI is InChI=1S/C21H36N4O.2C2HF3O2/c1-17(2)11-16-26-20-7-5-19(6-8-20)24-21(23-13-4-12-22)25-14-9-18(3)10-15-25;2*3-2(4,5)1(6)7/h5-8,17-18H,4,9-16,22H2,1-3H3,(H,23,24);2*(H,6,7). The van der Waals surface area contributed by atoms with E-state index in [0.717, 1.165) is 62.4 Å². The largest absolute Gasteiger partial charge is 0.494 e. The van der Waals surface area contributed by atoms with Gasteiger partial charge in [-0.1, -0.05) is 20.8 Å². The third-order valence-corrected chi connectivity index (χ3v) is 5.27. The summed E-state index contributed by atoms with van der Waals surface area (Å²) in [6.45, 7) is 11.2. The molecule has 9 nitrogen and oxygen atoms in total. The van der Waals surface area contributed by atoms with Gasteiger partial charge in [-0.15, -0.1) is 0 Å². The number of hydrogen-bond acceptors (Lipinski definition) is 5. The molecule has 2 rings (SSSR count). The molecule has 1 saturated heterocycles. The second-order valence-electron chi connectivity index (χ2n) is 9.30. The number of piperidine rings is 1. The van der Waals surface area contributed by atoms with E-state index in [4.69, 9.17) is 35.3 Å². The second-order valence-corrected chi connectivity index (χ2v) is 9.30. The van der Waals surface area contributed by atoms with E-state index >= 15 is 0 Å². The first kappa shape index (κ1) is 36.8. The molecule has 1 aliphatic heterocycles. The van der Waals surface area contributed by atoms with Crippen molar-refractivity contribution in [2.24, 2.45) is 22.6 Å². The number of guanidine groups is 1. The van der Waals surface area contributed by atoms with E-state index in [1.165, 1.54) is 12.8 Å². The fourth-order valence-electron chi connectivity index (χ4n) is 2.90. The molecule has 0 saturated carbocycles. The lowest BCUT2D eigenvalue weighted by Gasteiger charge is -2.33. The maximum Gasteiger partial charge on any atom is 0.490 e. The van der Waals surface area contributed by atoms with Crippen molar-refractivity contribution in [2.75, 3.05) is 32.8 Å². The van der Waals surface area contributed by atoms with E-state index < -0.39 is 24.3 Å². The molecule has 1 aromatic carbocycles. The predicted molar refractivity (Wildman–Crippen MR) is 138 cm³/mol. The van der Waals surface area contributed by atoms with E-state index in [9.17, 15) is 26.3 Å². The average molecular weight is 589 g/mol. The van der Waals surface area contributed by atoms with Gasteiger partial charge >= 0.3 is 24.3 Å². The van der Waals surface area contributed by atoms with Gasteiger partial charge in [0, 0.05) is 19.6 Å². The summed E-state index contributed by atoms with van der Waals surface area (Å²) in [4.78, 5) is 25.0. The molecule has 5 N–H and O–H groups in total. The van der Waals surface area contributed by atoms with Gasteiger partial charge in [0.05, 0.1) is 12.3 Å². The Morgan fingerprint density at radius 2 is 1.52 bits per heavy atom. The van der Waals surface area contributed by atoms with Gasteiger partial charge in [-0.05, 0) is 68.3 Å². The lowest BCUT2D eigenvalue weighted by molar-refractivity contribution is -0.193. The number of nitrogens with two attached hydrogens (primary N) is 1. The van der Waals surface area contributed by atoms with E-state index in [2.05, 4.69) is 31.0 Å². The molecule has 1 heterocycles. The molecule has 0 bridgehead atoms. The van der Waals surface area contributed by atoms with Crippen LogP contribution >= 0.6 is 0 Å². The summed E-state index contributed by atoms with van der Waals surface area (Å²) < 4.78 is 69.3. The van der Waals surface area contributed by atoms with Crippen LogP contribution in [0.3, 0.4) is 0 Å². The van der Waals surface area contributed by atoms with Crippen molar-refractivity contribution in [1.82, 2.24) is 10.2 Å². The van der Waals surface area contributed by atoms with Crippen LogP contribution in [0.15, 0.2) is 29.3 Å². The van der Waals surface area contributed by atoms with Crippen LogP contribution in [0.2, 0.25) is 0 Å². The van der Waals surface area contributed by atoms with Crippen molar-refractivity contribution in [3.63, 3.8) is 0 Å². The number of halogens is 6. The van der Waals surface area contributed by atoms with E-state index in [1.807, 2.05) is 24.3 Å². The Bertz CT molecular complexity index is 876. The SMILES string of the molecule is CC(C)CCOc1ccc(/N=C(\NCCCN)N2CCC(C)CC2)cc1.O=C(O)C(F)(F)F.O=C(O)C(F)(F)F.